The molecular weight excluding hydrogens is 166 g/mol. The zero-order valence-corrected chi connectivity index (χ0v) is 7.19. The van der Waals surface area contributed by atoms with E-state index >= 15 is 0 Å². The minimum Gasteiger partial charge on any atom is -0.497 e. The highest BCUT2D eigenvalue weighted by Crippen LogP contribution is 2.14. The first-order valence-corrected chi connectivity index (χ1v) is 3.68. The van der Waals surface area contributed by atoms with E-state index in [9.17, 15) is 0 Å². The summed E-state index contributed by atoms with van der Waals surface area (Å²) >= 11 is 0. The molecule has 66 valence electrons. The Kier molecular flexibility index (Phi) is 3.33. The van der Waals surface area contributed by atoms with Gasteiger partial charge in [0.15, 0.2) is 0 Å². The van der Waals surface area contributed by atoms with Gasteiger partial charge in [0.1, 0.15) is 18.0 Å². The van der Waals surface area contributed by atoms with E-state index in [1.54, 1.807) is 13.2 Å². The Morgan fingerprint density at radius 3 is 2.69 bits per heavy atom. The van der Waals surface area contributed by atoms with Gasteiger partial charge in [-0.15, -0.1) is 0 Å². The van der Waals surface area contributed by atoms with Gasteiger partial charge in [0, 0.05) is 0 Å². The quantitative estimate of drug-likeness (QED) is 0.561. The molecule has 13 heavy (non-hydrogen) atoms. The maximum atomic E-state index is 8.17. The van der Waals surface area contributed by atoms with E-state index in [1.165, 1.54) is 0 Å². The lowest BCUT2D eigenvalue weighted by Gasteiger charge is -2.01. The van der Waals surface area contributed by atoms with Crippen LogP contribution in [0.25, 0.3) is 0 Å². The highest BCUT2D eigenvalue weighted by Gasteiger charge is 1.90. The summed E-state index contributed by atoms with van der Waals surface area (Å²) in [6, 6.07) is 9.03. The van der Waals surface area contributed by atoms with Gasteiger partial charge < -0.3 is 4.74 Å². The third-order valence-corrected chi connectivity index (χ3v) is 1.41. The summed E-state index contributed by atoms with van der Waals surface area (Å²) in [6.45, 7) is 0. The molecule has 0 unspecified atom stereocenters. The van der Waals surface area contributed by atoms with Crippen molar-refractivity contribution in [3.63, 3.8) is 0 Å². The third kappa shape index (κ3) is 2.83. The number of anilines is 1. The molecule has 0 heterocycles. The second-order valence-electron chi connectivity index (χ2n) is 2.23. The maximum absolute atomic E-state index is 8.17. The average molecular weight is 175 g/mol. The van der Waals surface area contributed by atoms with E-state index in [4.69, 9.17) is 10.00 Å². The molecule has 0 aliphatic carbocycles. The molecule has 0 aliphatic heterocycles. The molecule has 0 atom stereocenters. The van der Waals surface area contributed by atoms with E-state index in [1.807, 2.05) is 24.3 Å². The van der Waals surface area contributed by atoms with Gasteiger partial charge in [0.05, 0.1) is 12.8 Å². The standard InChI is InChI=1S/C9H9N3O/c1-13-9-4-2-8(3-5-9)12-11-7-6-10/h2-5,7,12H,1H3/b11-7+. The molecule has 1 aromatic carbocycles. The van der Waals surface area contributed by atoms with Crippen molar-refractivity contribution >= 4 is 11.9 Å². The summed E-state index contributed by atoms with van der Waals surface area (Å²) in [6.07, 6.45) is 1.13. The molecule has 0 spiro atoms. The van der Waals surface area contributed by atoms with Crippen molar-refractivity contribution in [3.8, 4) is 11.8 Å². The van der Waals surface area contributed by atoms with Gasteiger partial charge >= 0.3 is 0 Å². The maximum Gasteiger partial charge on any atom is 0.124 e. The fourth-order valence-electron chi connectivity index (χ4n) is 0.801. The Morgan fingerprint density at radius 1 is 1.46 bits per heavy atom. The van der Waals surface area contributed by atoms with Crippen LogP contribution in [-0.2, 0) is 0 Å². The summed E-state index contributed by atoms with van der Waals surface area (Å²) in [5, 5.41) is 11.8. The van der Waals surface area contributed by atoms with E-state index in [0.29, 0.717) is 0 Å². The topological polar surface area (TPSA) is 57.4 Å². The van der Waals surface area contributed by atoms with Crippen LogP contribution < -0.4 is 10.2 Å². The zero-order valence-electron chi connectivity index (χ0n) is 7.19. The number of nitrogens with one attached hydrogen (secondary N) is 1. The lowest BCUT2D eigenvalue weighted by Crippen LogP contribution is -1.88. The molecule has 1 N–H and O–H groups in total. The molecule has 4 nitrogen and oxygen atoms in total. The van der Waals surface area contributed by atoms with Crippen LogP contribution in [0.5, 0.6) is 5.75 Å². The number of rotatable bonds is 3. The monoisotopic (exact) mass is 175 g/mol. The number of hydrogen-bond acceptors (Lipinski definition) is 4. The van der Waals surface area contributed by atoms with Crippen molar-refractivity contribution in [2.45, 2.75) is 0 Å². The van der Waals surface area contributed by atoms with Crippen LogP contribution in [0.4, 0.5) is 5.69 Å². The SMILES string of the molecule is COc1ccc(N/N=C/C#N)cc1. The first-order chi connectivity index (χ1) is 6.36. The molecule has 0 radical (unpaired) electrons. The summed E-state index contributed by atoms with van der Waals surface area (Å²) in [7, 11) is 1.61. The molecule has 1 aromatic rings. The summed E-state index contributed by atoms with van der Waals surface area (Å²) in [5.74, 6) is 0.787. The molecule has 4 heteroatoms. The zero-order chi connectivity index (χ0) is 9.52. The first-order valence-electron chi connectivity index (χ1n) is 3.68. The summed E-state index contributed by atoms with van der Waals surface area (Å²) in [5.41, 5.74) is 3.50. The second-order valence-corrected chi connectivity index (χ2v) is 2.23. The highest BCUT2D eigenvalue weighted by atomic mass is 16.5. The van der Waals surface area contributed by atoms with Crippen LogP contribution in [0.1, 0.15) is 0 Å². The number of benzene rings is 1. The lowest BCUT2D eigenvalue weighted by atomic mass is 10.3. The van der Waals surface area contributed by atoms with Gasteiger partial charge in [-0.05, 0) is 24.3 Å². The predicted octanol–water partition coefficient (Wildman–Crippen LogP) is 1.62. The van der Waals surface area contributed by atoms with E-state index < -0.39 is 0 Å². The van der Waals surface area contributed by atoms with Crippen molar-refractivity contribution in [1.82, 2.24) is 0 Å². The van der Waals surface area contributed by atoms with Crippen molar-refractivity contribution in [3.05, 3.63) is 24.3 Å². The Morgan fingerprint density at radius 2 is 2.15 bits per heavy atom. The van der Waals surface area contributed by atoms with Gasteiger partial charge in [-0.25, -0.2) is 0 Å². The third-order valence-electron chi connectivity index (χ3n) is 1.41. The van der Waals surface area contributed by atoms with E-state index in [2.05, 4.69) is 10.5 Å². The number of methoxy groups -OCH3 is 1. The minimum atomic E-state index is 0.787. The van der Waals surface area contributed by atoms with Crippen molar-refractivity contribution in [2.24, 2.45) is 5.10 Å². The van der Waals surface area contributed by atoms with E-state index in [0.717, 1.165) is 17.7 Å². The van der Waals surface area contributed by atoms with Gasteiger partial charge in [0.25, 0.3) is 0 Å². The summed E-state index contributed by atoms with van der Waals surface area (Å²) < 4.78 is 4.98. The van der Waals surface area contributed by atoms with Crippen LogP contribution in [-0.4, -0.2) is 13.3 Å². The molecule has 0 aliphatic rings. The molecule has 0 bridgehead atoms. The Bertz CT molecular complexity index is 324. The second kappa shape index (κ2) is 4.78. The number of nitrogens with zero attached hydrogens (tertiary/aromatic N) is 2. The fourth-order valence-corrected chi connectivity index (χ4v) is 0.801. The van der Waals surface area contributed by atoms with Crippen molar-refractivity contribution < 1.29 is 4.74 Å². The van der Waals surface area contributed by atoms with Gasteiger partial charge in [-0.1, -0.05) is 0 Å². The van der Waals surface area contributed by atoms with Crippen LogP contribution in [0, 0.1) is 11.3 Å². The van der Waals surface area contributed by atoms with Crippen molar-refractivity contribution in [2.75, 3.05) is 12.5 Å². The Balaban J connectivity index is 2.60. The molecule has 1 rings (SSSR count). The van der Waals surface area contributed by atoms with E-state index in [-0.39, 0.29) is 0 Å². The Hall–Kier alpha value is -2.02. The molecule has 0 saturated carbocycles. The van der Waals surface area contributed by atoms with Crippen LogP contribution in [0.2, 0.25) is 0 Å². The van der Waals surface area contributed by atoms with Gasteiger partial charge in [-0.2, -0.15) is 10.4 Å². The predicted molar refractivity (Wildman–Crippen MR) is 50.7 cm³/mol. The molecule has 0 saturated heterocycles. The summed E-state index contributed by atoms with van der Waals surface area (Å²) in [4.78, 5) is 0. The normalized spacial score (nSPS) is 9.54. The molecular formula is C9H9N3O. The van der Waals surface area contributed by atoms with Crippen LogP contribution in [0.3, 0.4) is 0 Å². The first kappa shape index (κ1) is 9.07. The largest absolute Gasteiger partial charge is 0.497 e. The number of hydrogen-bond donors (Lipinski definition) is 1. The van der Waals surface area contributed by atoms with Gasteiger partial charge in [-0.3, -0.25) is 5.43 Å². The number of ether oxygens (including phenoxy) is 1. The number of hydrazone groups is 1. The van der Waals surface area contributed by atoms with Gasteiger partial charge in [0.2, 0.25) is 0 Å². The highest BCUT2D eigenvalue weighted by molar-refractivity contribution is 5.75. The average Bonchev–Trinajstić information content (AvgIpc) is 2.19. The Labute approximate surface area is 76.4 Å². The minimum absolute atomic E-state index is 0.787. The lowest BCUT2D eigenvalue weighted by molar-refractivity contribution is 0.415. The smallest absolute Gasteiger partial charge is 0.124 e. The molecule has 0 amide bonds. The van der Waals surface area contributed by atoms with Crippen LogP contribution >= 0.6 is 0 Å². The van der Waals surface area contributed by atoms with Crippen molar-refractivity contribution in [1.29, 1.82) is 5.26 Å². The fraction of sp³-hybridized carbons (Fsp3) is 0.111. The van der Waals surface area contributed by atoms with Crippen LogP contribution in [0.15, 0.2) is 29.4 Å². The number of nitriles is 1. The molecule has 0 fully saturated rings. The molecule has 0 aromatic heterocycles.